The van der Waals surface area contributed by atoms with E-state index in [1.165, 1.54) is 11.8 Å². The SMILES string of the molecule is CCCn1c(=O)c2ccccc2n2c(SC(C)C(=O)N(CCC#N)c3ccccc3)nnc12. The fraction of sp³-hybridized carbons (Fsp3) is 0.292. The summed E-state index contributed by atoms with van der Waals surface area (Å²) >= 11 is 1.29. The van der Waals surface area contributed by atoms with Gasteiger partial charge in [0.15, 0.2) is 5.16 Å². The number of nitriles is 1. The number of rotatable bonds is 8. The van der Waals surface area contributed by atoms with Gasteiger partial charge in [-0.3, -0.25) is 18.6 Å². The second-order valence-electron chi connectivity index (χ2n) is 7.59. The summed E-state index contributed by atoms with van der Waals surface area (Å²) in [7, 11) is 0. The van der Waals surface area contributed by atoms with Gasteiger partial charge in [-0.15, -0.1) is 10.2 Å². The van der Waals surface area contributed by atoms with Crippen molar-refractivity contribution in [3.63, 3.8) is 0 Å². The largest absolute Gasteiger partial charge is 0.310 e. The molecule has 1 unspecified atom stereocenters. The number of carbonyl (C=O) groups excluding carboxylic acids is 1. The van der Waals surface area contributed by atoms with Gasteiger partial charge in [0.2, 0.25) is 11.7 Å². The molecule has 9 heteroatoms. The first-order chi connectivity index (χ1) is 16.1. The Bertz CT molecular complexity index is 1390. The van der Waals surface area contributed by atoms with Gasteiger partial charge in [0.05, 0.1) is 28.6 Å². The van der Waals surface area contributed by atoms with Crippen molar-refractivity contribution in [3.8, 4) is 6.07 Å². The molecule has 0 fully saturated rings. The van der Waals surface area contributed by atoms with Crippen molar-refractivity contribution in [1.29, 1.82) is 5.26 Å². The second-order valence-corrected chi connectivity index (χ2v) is 8.89. The number of para-hydroxylation sites is 2. The predicted octanol–water partition coefficient (Wildman–Crippen LogP) is 3.88. The Hall–Kier alpha value is -3.64. The molecule has 0 bridgehead atoms. The number of anilines is 1. The van der Waals surface area contributed by atoms with Crippen LogP contribution in [-0.4, -0.2) is 36.9 Å². The van der Waals surface area contributed by atoms with E-state index in [9.17, 15) is 9.59 Å². The summed E-state index contributed by atoms with van der Waals surface area (Å²) in [4.78, 5) is 28.0. The first kappa shape index (κ1) is 22.6. The average Bonchev–Trinajstić information content (AvgIpc) is 3.26. The van der Waals surface area contributed by atoms with E-state index in [0.717, 1.165) is 12.1 Å². The van der Waals surface area contributed by atoms with Crippen molar-refractivity contribution in [2.75, 3.05) is 11.4 Å². The third-order valence-electron chi connectivity index (χ3n) is 5.34. The van der Waals surface area contributed by atoms with E-state index in [1.54, 1.807) is 15.5 Å². The molecular formula is C24H24N6O2S. The maximum absolute atomic E-state index is 13.4. The van der Waals surface area contributed by atoms with Gasteiger partial charge in [-0.2, -0.15) is 5.26 Å². The number of carbonyl (C=O) groups is 1. The Kier molecular flexibility index (Phi) is 6.75. The Morgan fingerprint density at radius 1 is 1.15 bits per heavy atom. The summed E-state index contributed by atoms with van der Waals surface area (Å²) in [6.45, 7) is 4.66. The molecule has 0 aliphatic rings. The lowest BCUT2D eigenvalue weighted by molar-refractivity contribution is -0.117. The first-order valence-corrected chi connectivity index (χ1v) is 11.7. The summed E-state index contributed by atoms with van der Waals surface area (Å²) in [5.41, 5.74) is 1.36. The molecule has 0 aliphatic carbocycles. The average molecular weight is 461 g/mol. The fourth-order valence-corrected chi connectivity index (χ4v) is 4.72. The topological polar surface area (TPSA) is 96.3 Å². The van der Waals surface area contributed by atoms with Crippen LogP contribution in [0.5, 0.6) is 0 Å². The lowest BCUT2D eigenvalue weighted by Gasteiger charge is -2.24. The van der Waals surface area contributed by atoms with Crippen LogP contribution in [-0.2, 0) is 11.3 Å². The molecule has 0 spiro atoms. The molecule has 1 atom stereocenters. The Balaban J connectivity index is 1.73. The van der Waals surface area contributed by atoms with E-state index in [4.69, 9.17) is 5.26 Å². The third-order valence-corrected chi connectivity index (χ3v) is 6.37. The highest BCUT2D eigenvalue weighted by molar-refractivity contribution is 8.00. The molecule has 0 aliphatic heterocycles. The second kappa shape index (κ2) is 9.88. The van der Waals surface area contributed by atoms with Crippen LogP contribution < -0.4 is 10.5 Å². The van der Waals surface area contributed by atoms with Crippen LogP contribution in [0.3, 0.4) is 0 Å². The van der Waals surface area contributed by atoms with E-state index in [0.29, 0.717) is 34.9 Å². The minimum absolute atomic E-state index is 0.0974. The zero-order valence-corrected chi connectivity index (χ0v) is 19.3. The number of nitrogens with zero attached hydrogens (tertiary/aromatic N) is 6. The number of amides is 1. The van der Waals surface area contributed by atoms with Crippen LogP contribution in [0.4, 0.5) is 5.69 Å². The quantitative estimate of drug-likeness (QED) is 0.370. The summed E-state index contributed by atoms with van der Waals surface area (Å²) in [6.07, 6.45) is 1.02. The van der Waals surface area contributed by atoms with Crippen molar-refractivity contribution < 1.29 is 4.79 Å². The number of fused-ring (bicyclic) bond motifs is 3. The van der Waals surface area contributed by atoms with E-state index < -0.39 is 5.25 Å². The van der Waals surface area contributed by atoms with Crippen molar-refractivity contribution in [2.24, 2.45) is 0 Å². The summed E-state index contributed by atoms with van der Waals surface area (Å²) in [5, 5.41) is 18.3. The van der Waals surface area contributed by atoms with Crippen molar-refractivity contribution in [1.82, 2.24) is 19.2 Å². The molecule has 33 heavy (non-hydrogen) atoms. The Morgan fingerprint density at radius 2 is 1.88 bits per heavy atom. The molecule has 0 saturated carbocycles. The molecule has 2 heterocycles. The normalized spacial score (nSPS) is 12.0. The Labute approximate surface area is 195 Å². The van der Waals surface area contributed by atoms with Gasteiger partial charge in [0.1, 0.15) is 0 Å². The third kappa shape index (κ3) is 4.34. The molecule has 1 amide bonds. The van der Waals surface area contributed by atoms with Crippen LogP contribution >= 0.6 is 11.8 Å². The van der Waals surface area contributed by atoms with Crippen molar-refractivity contribution in [2.45, 2.75) is 43.6 Å². The van der Waals surface area contributed by atoms with Crippen LogP contribution in [0.2, 0.25) is 0 Å². The number of aromatic nitrogens is 4. The van der Waals surface area contributed by atoms with E-state index >= 15 is 0 Å². The van der Waals surface area contributed by atoms with Gasteiger partial charge in [0.25, 0.3) is 5.56 Å². The summed E-state index contributed by atoms with van der Waals surface area (Å²) in [6, 6.07) is 18.8. The molecular weight excluding hydrogens is 436 g/mol. The standard InChI is InChI=1S/C24H24N6O2S/c1-3-15-29-22(32)19-12-7-8-13-20(19)30-23(29)26-27-24(30)33-17(2)21(31)28(16-9-14-25)18-10-5-4-6-11-18/h4-8,10-13,17H,3,9,15-16H2,1-2H3. The van der Waals surface area contributed by atoms with Crippen LogP contribution in [0, 0.1) is 11.3 Å². The molecule has 2 aromatic carbocycles. The van der Waals surface area contributed by atoms with E-state index in [1.807, 2.05) is 66.8 Å². The van der Waals surface area contributed by atoms with Gasteiger partial charge >= 0.3 is 0 Å². The molecule has 4 rings (SSSR count). The zero-order valence-electron chi connectivity index (χ0n) is 18.5. The minimum Gasteiger partial charge on any atom is -0.310 e. The fourth-order valence-electron chi connectivity index (χ4n) is 3.80. The summed E-state index contributed by atoms with van der Waals surface area (Å²) in [5.74, 6) is 0.344. The van der Waals surface area contributed by atoms with Crippen molar-refractivity contribution in [3.05, 3.63) is 65.0 Å². The van der Waals surface area contributed by atoms with Crippen LogP contribution in [0.1, 0.15) is 26.7 Å². The number of hydrogen-bond acceptors (Lipinski definition) is 6. The molecule has 0 saturated heterocycles. The maximum Gasteiger partial charge on any atom is 0.262 e. The molecule has 4 aromatic rings. The zero-order chi connectivity index (χ0) is 23.4. The molecule has 168 valence electrons. The highest BCUT2D eigenvalue weighted by atomic mass is 32.2. The van der Waals surface area contributed by atoms with Gasteiger partial charge in [-0.25, -0.2) is 0 Å². The smallest absolute Gasteiger partial charge is 0.262 e. The lowest BCUT2D eigenvalue weighted by Crippen LogP contribution is -2.37. The molecule has 8 nitrogen and oxygen atoms in total. The summed E-state index contributed by atoms with van der Waals surface area (Å²) < 4.78 is 3.48. The molecule has 0 radical (unpaired) electrons. The molecule has 0 N–H and O–H groups in total. The lowest BCUT2D eigenvalue weighted by atomic mass is 10.2. The van der Waals surface area contributed by atoms with E-state index in [2.05, 4.69) is 16.3 Å². The number of aryl methyl sites for hydroxylation is 1. The highest BCUT2D eigenvalue weighted by Crippen LogP contribution is 2.27. The number of benzene rings is 2. The monoisotopic (exact) mass is 460 g/mol. The number of hydrogen-bond donors (Lipinski definition) is 0. The van der Waals surface area contributed by atoms with Gasteiger partial charge in [-0.05, 0) is 37.6 Å². The van der Waals surface area contributed by atoms with E-state index in [-0.39, 0.29) is 17.9 Å². The molecule has 2 aromatic heterocycles. The van der Waals surface area contributed by atoms with Crippen LogP contribution in [0.15, 0.2) is 64.5 Å². The maximum atomic E-state index is 13.4. The number of thioether (sulfide) groups is 1. The predicted molar refractivity (Wildman–Crippen MR) is 129 cm³/mol. The van der Waals surface area contributed by atoms with Gasteiger partial charge < -0.3 is 4.90 Å². The van der Waals surface area contributed by atoms with Crippen LogP contribution in [0.25, 0.3) is 16.7 Å². The van der Waals surface area contributed by atoms with Crippen molar-refractivity contribution >= 4 is 40.0 Å². The first-order valence-electron chi connectivity index (χ1n) is 10.8. The Morgan fingerprint density at radius 3 is 2.61 bits per heavy atom. The van der Waals surface area contributed by atoms with Gasteiger partial charge in [-0.1, -0.05) is 49.0 Å². The van der Waals surface area contributed by atoms with Gasteiger partial charge in [0, 0.05) is 18.8 Å². The minimum atomic E-state index is -0.485. The highest BCUT2D eigenvalue weighted by Gasteiger charge is 2.25.